The van der Waals surface area contributed by atoms with Gasteiger partial charge in [-0.1, -0.05) is 0 Å². The van der Waals surface area contributed by atoms with Gasteiger partial charge >= 0.3 is 5.97 Å². The number of hydrogen-bond donors (Lipinski definition) is 1. The summed E-state index contributed by atoms with van der Waals surface area (Å²) in [5, 5.41) is 8.84. The molecule has 0 fully saturated rings. The van der Waals surface area contributed by atoms with Gasteiger partial charge in [0.15, 0.2) is 17.2 Å². The Morgan fingerprint density at radius 3 is 2.58 bits per heavy atom. The van der Waals surface area contributed by atoms with E-state index in [1.165, 1.54) is 0 Å². The molecule has 0 saturated heterocycles. The predicted molar refractivity (Wildman–Crippen MR) is 64.6 cm³/mol. The number of aromatic carboxylic acids is 1. The predicted octanol–water partition coefficient (Wildman–Crippen LogP) is 2.12. The first-order chi connectivity index (χ1) is 9.15. The largest absolute Gasteiger partial charge is 0.486 e. The number of carbonyl (C=O) groups is 1. The Morgan fingerprint density at radius 1 is 1.26 bits per heavy atom. The van der Waals surface area contributed by atoms with Crippen molar-refractivity contribution in [2.75, 3.05) is 13.2 Å². The smallest absolute Gasteiger partial charge is 0.357 e. The van der Waals surface area contributed by atoms with E-state index in [4.69, 9.17) is 19.0 Å². The van der Waals surface area contributed by atoms with E-state index in [2.05, 4.69) is 4.98 Å². The average Bonchev–Trinajstić information content (AvgIpc) is 2.87. The molecule has 1 N–H and O–H groups in total. The van der Waals surface area contributed by atoms with Crippen LogP contribution in [0, 0.1) is 6.92 Å². The van der Waals surface area contributed by atoms with Crippen molar-refractivity contribution in [1.82, 2.24) is 4.98 Å². The summed E-state index contributed by atoms with van der Waals surface area (Å²) in [6, 6.07) is 3.58. The lowest BCUT2D eigenvalue weighted by Crippen LogP contribution is -2.15. The van der Waals surface area contributed by atoms with Gasteiger partial charge in [0.2, 0.25) is 5.89 Å². The van der Waals surface area contributed by atoms with E-state index in [1.54, 1.807) is 6.07 Å². The molecule has 1 aromatic heterocycles. The van der Waals surface area contributed by atoms with Crippen LogP contribution in [0.4, 0.5) is 0 Å². The third-order valence-corrected chi connectivity index (χ3v) is 2.84. The molecule has 3 rings (SSSR count). The molecular weight excluding hydrogens is 250 g/mol. The Labute approximate surface area is 108 Å². The maximum absolute atomic E-state index is 10.8. The molecule has 0 spiro atoms. The highest BCUT2D eigenvalue weighted by atomic mass is 16.6. The van der Waals surface area contributed by atoms with E-state index in [0.29, 0.717) is 30.3 Å². The third kappa shape index (κ3) is 2.01. The van der Waals surface area contributed by atoms with Crippen molar-refractivity contribution in [3.05, 3.63) is 29.7 Å². The number of benzene rings is 1. The molecule has 6 nitrogen and oxygen atoms in total. The fourth-order valence-corrected chi connectivity index (χ4v) is 1.92. The van der Waals surface area contributed by atoms with Crippen LogP contribution in [0.1, 0.15) is 16.1 Å². The summed E-state index contributed by atoms with van der Waals surface area (Å²) < 4.78 is 16.1. The van der Waals surface area contributed by atoms with E-state index in [-0.39, 0.29) is 11.6 Å². The first kappa shape index (κ1) is 11.6. The lowest BCUT2D eigenvalue weighted by molar-refractivity contribution is 0.0690. The number of aromatic nitrogens is 1. The number of rotatable bonds is 2. The summed E-state index contributed by atoms with van der Waals surface area (Å²) in [7, 11) is 0. The van der Waals surface area contributed by atoms with Crippen LogP contribution in [0.2, 0.25) is 0 Å². The summed E-state index contributed by atoms with van der Waals surface area (Å²) in [6.45, 7) is 2.88. The lowest BCUT2D eigenvalue weighted by Gasteiger charge is -2.19. The van der Waals surface area contributed by atoms with Gasteiger partial charge in [-0.25, -0.2) is 9.78 Å². The molecular formula is C13H11NO5. The molecule has 0 amide bonds. The van der Waals surface area contributed by atoms with Crippen molar-refractivity contribution in [3.63, 3.8) is 0 Å². The number of fused-ring (bicyclic) bond motifs is 1. The first-order valence-electron chi connectivity index (χ1n) is 5.74. The van der Waals surface area contributed by atoms with E-state index in [1.807, 2.05) is 13.0 Å². The van der Waals surface area contributed by atoms with Crippen molar-refractivity contribution < 1.29 is 23.8 Å². The fourth-order valence-electron chi connectivity index (χ4n) is 1.92. The van der Waals surface area contributed by atoms with Crippen LogP contribution in [0.3, 0.4) is 0 Å². The fraction of sp³-hybridized carbons (Fsp3) is 0.231. The summed E-state index contributed by atoms with van der Waals surface area (Å²) in [5.74, 6) is 0.427. The number of oxazole rings is 1. The summed E-state index contributed by atoms with van der Waals surface area (Å²) in [5.41, 5.74) is 1.45. The van der Waals surface area contributed by atoms with Gasteiger partial charge in [0.1, 0.15) is 19.5 Å². The van der Waals surface area contributed by atoms with Crippen LogP contribution in [0.25, 0.3) is 11.5 Å². The molecule has 1 aliphatic rings. The van der Waals surface area contributed by atoms with Gasteiger partial charge in [-0.2, -0.15) is 0 Å². The number of carboxylic acid groups (broad SMARTS) is 1. The maximum Gasteiger partial charge on any atom is 0.357 e. The van der Waals surface area contributed by atoms with Gasteiger partial charge in [0.05, 0.1) is 0 Å². The maximum atomic E-state index is 10.8. The average molecular weight is 261 g/mol. The summed E-state index contributed by atoms with van der Waals surface area (Å²) in [4.78, 5) is 14.7. The van der Waals surface area contributed by atoms with Crippen molar-refractivity contribution in [2.45, 2.75) is 6.92 Å². The molecule has 98 valence electrons. The van der Waals surface area contributed by atoms with E-state index < -0.39 is 5.97 Å². The zero-order chi connectivity index (χ0) is 13.4. The number of hydrogen-bond acceptors (Lipinski definition) is 5. The Morgan fingerprint density at radius 2 is 1.95 bits per heavy atom. The Hall–Kier alpha value is -2.50. The number of aryl methyl sites for hydroxylation is 1. The highest BCUT2D eigenvalue weighted by molar-refractivity contribution is 5.85. The molecule has 0 aliphatic carbocycles. The number of nitrogens with zero attached hydrogens (tertiary/aromatic N) is 1. The minimum atomic E-state index is -1.12. The molecule has 0 atom stereocenters. The van der Waals surface area contributed by atoms with Crippen LogP contribution in [0.15, 0.2) is 22.8 Å². The van der Waals surface area contributed by atoms with E-state index in [9.17, 15) is 4.79 Å². The minimum absolute atomic E-state index is 0.121. The van der Waals surface area contributed by atoms with Crippen LogP contribution >= 0.6 is 0 Å². The lowest BCUT2D eigenvalue weighted by atomic mass is 10.1. The van der Waals surface area contributed by atoms with Crippen molar-refractivity contribution in [3.8, 4) is 23.0 Å². The molecule has 19 heavy (non-hydrogen) atoms. The Bertz CT molecular complexity index is 646. The monoisotopic (exact) mass is 261 g/mol. The van der Waals surface area contributed by atoms with Crippen LogP contribution < -0.4 is 9.47 Å². The molecule has 1 aromatic carbocycles. The highest BCUT2D eigenvalue weighted by Crippen LogP contribution is 2.36. The second-order valence-electron chi connectivity index (χ2n) is 4.15. The van der Waals surface area contributed by atoms with Crippen LogP contribution in [0.5, 0.6) is 11.5 Å². The van der Waals surface area contributed by atoms with Crippen molar-refractivity contribution in [1.29, 1.82) is 0 Å². The van der Waals surface area contributed by atoms with Gasteiger partial charge in [-0.05, 0) is 24.6 Å². The third-order valence-electron chi connectivity index (χ3n) is 2.84. The molecule has 0 saturated carbocycles. The van der Waals surface area contributed by atoms with Crippen LogP contribution in [-0.4, -0.2) is 29.3 Å². The SMILES string of the molecule is Cc1cc2c(cc1-c1nc(C(=O)O)co1)OCCO2. The topological polar surface area (TPSA) is 81.8 Å². The quantitative estimate of drug-likeness (QED) is 0.891. The van der Waals surface area contributed by atoms with Gasteiger partial charge in [0, 0.05) is 5.56 Å². The number of ether oxygens (including phenoxy) is 2. The second-order valence-corrected chi connectivity index (χ2v) is 4.15. The van der Waals surface area contributed by atoms with E-state index >= 15 is 0 Å². The molecule has 0 bridgehead atoms. The molecule has 0 radical (unpaired) electrons. The van der Waals surface area contributed by atoms with Gasteiger partial charge in [0.25, 0.3) is 0 Å². The first-order valence-corrected chi connectivity index (χ1v) is 5.74. The molecule has 2 aromatic rings. The van der Waals surface area contributed by atoms with Gasteiger partial charge in [-0.15, -0.1) is 0 Å². The van der Waals surface area contributed by atoms with E-state index in [0.717, 1.165) is 11.8 Å². The normalized spacial score (nSPS) is 13.3. The van der Waals surface area contributed by atoms with Crippen molar-refractivity contribution >= 4 is 5.97 Å². The molecule has 0 unspecified atom stereocenters. The zero-order valence-electron chi connectivity index (χ0n) is 10.2. The number of carboxylic acids is 1. The van der Waals surface area contributed by atoms with Crippen molar-refractivity contribution in [2.24, 2.45) is 0 Å². The minimum Gasteiger partial charge on any atom is -0.486 e. The molecule has 6 heteroatoms. The zero-order valence-corrected chi connectivity index (χ0v) is 10.2. The molecule has 1 aliphatic heterocycles. The molecule has 2 heterocycles. The summed E-state index contributed by atoms with van der Waals surface area (Å²) in [6.07, 6.45) is 1.12. The Balaban J connectivity index is 2.06. The van der Waals surface area contributed by atoms with Gasteiger partial charge < -0.3 is 19.0 Å². The summed E-state index contributed by atoms with van der Waals surface area (Å²) >= 11 is 0. The van der Waals surface area contributed by atoms with Gasteiger partial charge in [-0.3, -0.25) is 0 Å². The second kappa shape index (κ2) is 4.31. The Kier molecular flexibility index (Phi) is 2.63. The highest BCUT2D eigenvalue weighted by Gasteiger charge is 2.19. The van der Waals surface area contributed by atoms with Crippen LogP contribution in [-0.2, 0) is 0 Å². The standard InChI is InChI=1S/C13H11NO5/c1-7-4-10-11(18-3-2-17-10)5-8(7)12-14-9(6-19-12)13(15)16/h4-6H,2-3H2,1H3,(H,15,16).